The Morgan fingerprint density at radius 1 is 1.21 bits per heavy atom. The number of pyridine rings is 1. The topological polar surface area (TPSA) is 140 Å². The second kappa shape index (κ2) is 9.41. The highest BCUT2D eigenvalue weighted by Crippen LogP contribution is 2.40. The maximum absolute atomic E-state index is 12.1. The molecule has 0 aliphatic heterocycles. The molecule has 5 rings (SSSR count). The zero-order valence-corrected chi connectivity index (χ0v) is 19.8. The molecule has 1 aromatic carbocycles. The molecule has 1 fully saturated rings. The summed E-state index contributed by atoms with van der Waals surface area (Å²) >= 11 is 0. The first kappa shape index (κ1) is 23.7. The lowest BCUT2D eigenvalue weighted by Crippen LogP contribution is -2.26. The molecule has 1 amide bonds. The first-order valence-corrected chi connectivity index (χ1v) is 13.0. The Kier molecular flexibility index (Phi) is 6.56. The summed E-state index contributed by atoms with van der Waals surface area (Å²) in [4.78, 5) is 26.5. The number of carbonyl (C=O) groups is 2. The number of nitrogens with zero attached hydrogens (tertiary/aromatic N) is 3. The van der Waals surface area contributed by atoms with Crippen LogP contribution in [0.5, 0.6) is 5.75 Å². The largest absolute Gasteiger partial charge is 0.493 e. The van der Waals surface area contributed by atoms with Gasteiger partial charge in [-0.05, 0) is 37.0 Å². The molecular formula is C23H26N4O6S. The minimum atomic E-state index is -3.05. The van der Waals surface area contributed by atoms with E-state index in [9.17, 15) is 18.0 Å². The van der Waals surface area contributed by atoms with Crippen molar-refractivity contribution in [2.24, 2.45) is 0 Å². The van der Waals surface area contributed by atoms with Crippen LogP contribution in [0.3, 0.4) is 0 Å². The van der Waals surface area contributed by atoms with Crippen LogP contribution in [0.4, 0.5) is 4.79 Å². The van der Waals surface area contributed by atoms with Crippen LogP contribution in [0.25, 0.3) is 16.9 Å². The number of methoxy groups -OCH3 is 1. The lowest BCUT2D eigenvalue weighted by Gasteiger charge is -2.11. The quantitative estimate of drug-likeness (QED) is 0.542. The summed E-state index contributed by atoms with van der Waals surface area (Å²) in [7, 11) is -1.39. The molecule has 1 saturated carbocycles. The Balaban J connectivity index is 0.000000235. The first-order valence-electron chi connectivity index (χ1n) is 10.9. The van der Waals surface area contributed by atoms with Crippen LogP contribution in [0, 0.1) is 0 Å². The lowest BCUT2D eigenvalue weighted by atomic mass is 10.00. The number of rotatable bonds is 6. The molecule has 10 nitrogen and oxygen atoms in total. The van der Waals surface area contributed by atoms with Gasteiger partial charge in [0.15, 0.2) is 23.0 Å². The summed E-state index contributed by atoms with van der Waals surface area (Å²) in [5.74, 6) is 2.17. The Bertz CT molecular complexity index is 1360. The molecule has 0 bridgehead atoms. The monoisotopic (exact) mass is 486 g/mol. The molecule has 2 heterocycles. The van der Waals surface area contributed by atoms with Crippen LogP contribution < -0.4 is 10.1 Å². The van der Waals surface area contributed by atoms with Gasteiger partial charge in [-0.15, -0.1) is 0 Å². The van der Waals surface area contributed by atoms with Crippen molar-refractivity contribution in [2.45, 2.75) is 31.6 Å². The number of ether oxygens (including phenoxy) is 1. The molecule has 0 saturated heterocycles. The van der Waals surface area contributed by atoms with Crippen molar-refractivity contribution in [2.75, 3.05) is 25.7 Å². The summed E-state index contributed by atoms with van der Waals surface area (Å²) in [5.41, 5.74) is 4.75. The predicted octanol–water partition coefficient (Wildman–Crippen LogP) is 2.71. The van der Waals surface area contributed by atoms with E-state index in [4.69, 9.17) is 19.9 Å². The smallest absolute Gasteiger partial charge is 0.404 e. The second-order valence-electron chi connectivity index (χ2n) is 8.38. The van der Waals surface area contributed by atoms with Gasteiger partial charge in [0, 0.05) is 36.3 Å². The van der Waals surface area contributed by atoms with Crippen LogP contribution in [-0.4, -0.2) is 65.7 Å². The standard InChI is InChI=1S/C19H17N3O2.C4H9NO4S/c1-24-17-10-8-15(22-19(17)20-18(21-22)11-5-6-11)13-3-2-4-14-12(13)7-9-16(14)23;1-10(8,9)3-2-5-4(6)7/h2-4,8,10-11H,5-7,9H2,1H3;5H,2-3H2,1H3,(H,6,7). The highest BCUT2D eigenvalue weighted by molar-refractivity contribution is 7.90. The van der Waals surface area contributed by atoms with E-state index in [0.29, 0.717) is 12.3 Å². The second-order valence-corrected chi connectivity index (χ2v) is 10.6. The number of hydrogen-bond acceptors (Lipinski definition) is 7. The predicted molar refractivity (Wildman–Crippen MR) is 125 cm³/mol. The number of Topliss-reactive ketones (excluding diaryl/α,β-unsaturated/α-hetero) is 1. The van der Waals surface area contributed by atoms with E-state index in [-0.39, 0.29) is 18.1 Å². The van der Waals surface area contributed by atoms with Gasteiger partial charge in [0.25, 0.3) is 0 Å². The summed E-state index contributed by atoms with van der Waals surface area (Å²) in [6, 6.07) is 9.89. The number of aromatic nitrogens is 3. The van der Waals surface area contributed by atoms with Gasteiger partial charge in [0.2, 0.25) is 0 Å². The molecular weight excluding hydrogens is 460 g/mol. The average Bonchev–Trinajstić information content (AvgIpc) is 3.42. The molecule has 2 aliphatic carbocycles. The summed E-state index contributed by atoms with van der Waals surface area (Å²) in [6.07, 6.45) is 3.55. The van der Waals surface area contributed by atoms with E-state index in [2.05, 4.69) is 6.07 Å². The molecule has 2 aromatic heterocycles. The van der Waals surface area contributed by atoms with Gasteiger partial charge in [0.1, 0.15) is 9.84 Å². The number of ketones is 1. The third kappa shape index (κ3) is 5.19. The first-order chi connectivity index (χ1) is 16.2. The number of nitrogens with one attached hydrogen (secondary N) is 1. The minimum Gasteiger partial charge on any atom is -0.493 e. The van der Waals surface area contributed by atoms with Crippen molar-refractivity contribution < 1.29 is 27.9 Å². The summed E-state index contributed by atoms with van der Waals surface area (Å²) in [6.45, 7) is -0.0475. The number of fused-ring (bicyclic) bond motifs is 2. The number of hydrogen-bond donors (Lipinski definition) is 2. The summed E-state index contributed by atoms with van der Waals surface area (Å²) < 4.78 is 28.1. The van der Waals surface area contributed by atoms with E-state index >= 15 is 0 Å². The van der Waals surface area contributed by atoms with Gasteiger partial charge in [-0.25, -0.2) is 22.7 Å². The number of amides is 1. The Labute approximate surface area is 196 Å². The molecule has 0 radical (unpaired) electrons. The maximum Gasteiger partial charge on any atom is 0.404 e. The van der Waals surface area contributed by atoms with E-state index in [1.165, 1.54) is 0 Å². The zero-order valence-electron chi connectivity index (χ0n) is 18.9. The van der Waals surface area contributed by atoms with Crippen LogP contribution in [0.2, 0.25) is 0 Å². The molecule has 0 unspecified atom stereocenters. The van der Waals surface area contributed by atoms with E-state index < -0.39 is 15.9 Å². The Morgan fingerprint density at radius 3 is 2.59 bits per heavy atom. The molecule has 2 N–H and O–H groups in total. The van der Waals surface area contributed by atoms with Crippen molar-refractivity contribution in [3.63, 3.8) is 0 Å². The molecule has 3 aromatic rings. The fourth-order valence-electron chi connectivity index (χ4n) is 3.91. The van der Waals surface area contributed by atoms with Crippen LogP contribution in [0.15, 0.2) is 30.3 Å². The summed E-state index contributed by atoms with van der Waals surface area (Å²) in [5, 5.41) is 14.7. The van der Waals surface area contributed by atoms with E-state index in [1.807, 2.05) is 34.1 Å². The van der Waals surface area contributed by atoms with Gasteiger partial charge in [-0.1, -0.05) is 18.2 Å². The van der Waals surface area contributed by atoms with Crippen molar-refractivity contribution in [1.82, 2.24) is 19.9 Å². The van der Waals surface area contributed by atoms with Crippen molar-refractivity contribution >= 4 is 27.4 Å². The maximum atomic E-state index is 12.1. The van der Waals surface area contributed by atoms with Gasteiger partial charge in [-0.2, -0.15) is 5.10 Å². The fourth-order valence-corrected chi connectivity index (χ4v) is 4.38. The van der Waals surface area contributed by atoms with Gasteiger partial charge < -0.3 is 15.2 Å². The zero-order chi connectivity index (χ0) is 24.5. The Morgan fingerprint density at radius 2 is 1.94 bits per heavy atom. The minimum absolute atomic E-state index is 0.0475. The normalized spacial score (nSPS) is 14.9. The van der Waals surface area contributed by atoms with E-state index in [1.54, 1.807) is 7.11 Å². The van der Waals surface area contributed by atoms with Crippen molar-refractivity contribution in [3.8, 4) is 17.0 Å². The number of carbonyl (C=O) groups excluding carboxylic acids is 1. The lowest BCUT2D eigenvalue weighted by molar-refractivity contribution is 0.0994. The SMILES string of the molecule is COc1ccc(-c2cccc3c2CCC3=O)n2nc(C3CC3)nc12.CS(=O)(=O)CCNC(=O)O. The number of sulfone groups is 1. The van der Waals surface area contributed by atoms with Gasteiger partial charge in [0.05, 0.1) is 18.6 Å². The molecule has 2 aliphatic rings. The molecule has 0 spiro atoms. The third-order valence-electron chi connectivity index (χ3n) is 5.73. The van der Waals surface area contributed by atoms with E-state index in [0.717, 1.165) is 65.1 Å². The van der Waals surface area contributed by atoms with Crippen LogP contribution in [-0.2, 0) is 16.3 Å². The Hall–Kier alpha value is -3.47. The van der Waals surface area contributed by atoms with Gasteiger partial charge >= 0.3 is 6.09 Å². The van der Waals surface area contributed by atoms with Crippen LogP contribution in [0.1, 0.15) is 46.9 Å². The molecule has 11 heteroatoms. The third-order valence-corrected chi connectivity index (χ3v) is 6.68. The number of benzene rings is 1. The molecule has 180 valence electrons. The fraction of sp³-hybridized carbons (Fsp3) is 0.391. The van der Waals surface area contributed by atoms with Crippen LogP contribution >= 0.6 is 0 Å². The van der Waals surface area contributed by atoms with Gasteiger partial charge in [-0.3, -0.25) is 4.79 Å². The highest BCUT2D eigenvalue weighted by Gasteiger charge is 2.30. The average molecular weight is 487 g/mol. The van der Waals surface area contributed by atoms with Crippen molar-refractivity contribution in [1.29, 1.82) is 0 Å². The molecule has 34 heavy (non-hydrogen) atoms. The molecule has 0 atom stereocenters. The highest BCUT2D eigenvalue weighted by atomic mass is 32.2. The number of carboxylic acid groups (broad SMARTS) is 1. The van der Waals surface area contributed by atoms with Crippen molar-refractivity contribution in [3.05, 3.63) is 47.3 Å².